The van der Waals surface area contributed by atoms with Gasteiger partial charge in [0.05, 0.1) is 5.44 Å². The molecule has 0 rings (SSSR count). The van der Waals surface area contributed by atoms with E-state index in [0.717, 1.165) is 0 Å². The van der Waals surface area contributed by atoms with E-state index >= 15 is 0 Å². The smallest absolute Gasteiger partial charge is 0.234 e. The fourth-order valence-corrected chi connectivity index (χ4v) is 0.461. The Morgan fingerprint density at radius 2 is 2.18 bits per heavy atom. The minimum atomic E-state index is -0.734. The quantitative estimate of drug-likeness (QED) is 0.163. The number of nitrogens with one attached hydrogen (secondary N) is 1. The van der Waals surface area contributed by atoms with Crippen LogP contribution in [0.3, 0.4) is 0 Å². The molecule has 0 aromatic carbocycles. The Balaban J connectivity index is 0. The van der Waals surface area contributed by atoms with Crippen LogP contribution in [0.1, 0.15) is 26.7 Å². The first-order chi connectivity index (χ1) is 5.16. The van der Waals surface area contributed by atoms with Crippen LogP contribution in [0.15, 0.2) is 0 Å². The molecule has 0 radical (unpaired) electrons. The Bertz CT molecular complexity index is 98.6. The molecule has 11 heavy (non-hydrogen) atoms. The van der Waals surface area contributed by atoms with Gasteiger partial charge >= 0.3 is 0 Å². The van der Waals surface area contributed by atoms with E-state index in [1.807, 2.05) is 19.3 Å². The predicted octanol–water partition coefficient (Wildman–Crippen LogP) is 0.0309. The zero-order chi connectivity index (χ0) is 9.28. The molecule has 0 aliphatic heterocycles. The van der Waals surface area contributed by atoms with E-state index < -0.39 is 5.44 Å². The summed E-state index contributed by atoms with van der Waals surface area (Å²) in [5.41, 5.74) is 1.20. The summed E-state index contributed by atoms with van der Waals surface area (Å²) in [5.74, 6) is 4.46. The summed E-state index contributed by atoms with van der Waals surface area (Å²) >= 11 is 3.65. The van der Waals surface area contributed by atoms with Crippen molar-refractivity contribution in [2.24, 2.45) is 5.84 Å². The maximum atomic E-state index is 10.3. The van der Waals surface area contributed by atoms with E-state index in [1.165, 1.54) is 0 Å². The van der Waals surface area contributed by atoms with Gasteiger partial charge in [-0.2, -0.15) is 0 Å². The van der Waals surface area contributed by atoms with Gasteiger partial charge in [-0.05, 0) is 6.42 Å². The molecule has 68 valence electrons. The molecule has 0 saturated carbocycles. The number of hydrogen-bond donors (Lipinski definition) is 4. The van der Waals surface area contributed by atoms with Crippen LogP contribution in [0, 0.1) is 0 Å². The maximum Gasteiger partial charge on any atom is 0.234 e. The second kappa shape index (κ2) is 9.74. The van der Waals surface area contributed by atoms with Crippen molar-refractivity contribution < 1.29 is 9.90 Å². The molecule has 0 saturated heterocycles. The number of carbonyl (C=O) groups excluding carboxylic acids is 1. The van der Waals surface area contributed by atoms with Crippen LogP contribution in [0.4, 0.5) is 0 Å². The molecule has 0 spiro atoms. The van der Waals surface area contributed by atoms with Crippen LogP contribution in [0.2, 0.25) is 0 Å². The molecule has 0 aliphatic rings. The Hall–Kier alpha value is -0.260. The lowest BCUT2D eigenvalue weighted by atomic mass is 10.3. The van der Waals surface area contributed by atoms with Crippen molar-refractivity contribution in [2.75, 3.05) is 0 Å². The highest BCUT2D eigenvalue weighted by Crippen LogP contribution is 1.98. The summed E-state index contributed by atoms with van der Waals surface area (Å²) in [7, 11) is 0. The third kappa shape index (κ3) is 12.8. The highest BCUT2D eigenvalue weighted by molar-refractivity contribution is 7.80. The number of aliphatic hydroxyl groups excluding tert-OH is 1. The first-order valence-corrected chi connectivity index (χ1v) is 4.04. The van der Waals surface area contributed by atoms with Crippen LogP contribution < -0.4 is 11.3 Å². The highest BCUT2D eigenvalue weighted by atomic mass is 32.1. The molecular formula is C6H16N2O2S. The van der Waals surface area contributed by atoms with Gasteiger partial charge in [0.25, 0.3) is 0 Å². The maximum absolute atomic E-state index is 10.3. The van der Waals surface area contributed by atoms with E-state index in [4.69, 9.17) is 10.9 Å². The molecule has 0 heterocycles. The van der Waals surface area contributed by atoms with E-state index in [-0.39, 0.29) is 12.3 Å². The summed E-state index contributed by atoms with van der Waals surface area (Å²) in [6, 6.07) is 0. The highest BCUT2D eigenvalue weighted by Gasteiger charge is 2.00. The number of rotatable bonds is 3. The number of hydrazine groups is 1. The van der Waals surface area contributed by atoms with Gasteiger partial charge in [-0.1, -0.05) is 13.8 Å². The number of amides is 1. The second-order valence-corrected chi connectivity index (χ2v) is 2.18. The van der Waals surface area contributed by atoms with Crippen molar-refractivity contribution in [3.63, 3.8) is 0 Å². The lowest BCUT2D eigenvalue weighted by molar-refractivity contribution is -0.121. The summed E-state index contributed by atoms with van der Waals surface area (Å²) in [6.07, 6.45) is 0.535. The first-order valence-electron chi connectivity index (χ1n) is 3.52. The van der Waals surface area contributed by atoms with Gasteiger partial charge in [0.2, 0.25) is 5.91 Å². The van der Waals surface area contributed by atoms with Crippen molar-refractivity contribution in [1.82, 2.24) is 5.43 Å². The predicted molar refractivity (Wildman–Crippen MR) is 47.9 cm³/mol. The lowest BCUT2D eigenvalue weighted by Gasteiger charge is -2.00. The average Bonchev–Trinajstić information content (AvgIpc) is 2.04. The zero-order valence-corrected chi connectivity index (χ0v) is 7.77. The van der Waals surface area contributed by atoms with Crippen LogP contribution in [0.25, 0.3) is 0 Å². The van der Waals surface area contributed by atoms with Gasteiger partial charge in [-0.15, -0.1) is 12.6 Å². The molecule has 1 amide bonds. The molecular weight excluding hydrogens is 164 g/mol. The summed E-state index contributed by atoms with van der Waals surface area (Å²) in [4.78, 5) is 10.3. The number of thiol groups is 1. The van der Waals surface area contributed by atoms with Crippen molar-refractivity contribution in [1.29, 1.82) is 0 Å². The fourth-order valence-electron chi connectivity index (χ4n) is 0.332. The van der Waals surface area contributed by atoms with Gasteiger partial charge in [0.15, 0.2) is 0 Å². The molecule has 0 aromatic rings. The fraction of sp³-hybridized carbons (Fsp3) is 0.833. The lowest BCUT2D eigenvalue weighted by Crippen LogP contribution is -2.30. The topological polar surface area (TPSA) is 75.3 Å². The molecule has 1 atom stereocenters. The van der Waals surface area contributed by atoms with Gasteiger partial charge in [-0.3, -0.25) is 10.2 Å². The van der Waals surface area contributed by atoms with Crippen LogP contribution in [-0.4, -0.2) is 16.4 Å². The molecule has 0 bridgehead atoms. The van der Waals surface area contributed by atoms with E-state index in [2.05, 4.69) is 12.6 Å². The molecule has 5 heteroatoms. The van der Waals surface area contributed by atoms with Crippen LogP contribution in [-0.2, 0) is 4.79 Å². The van der Waals surface area contributed by atoms with Crippen LogP contribution in [0.5, 0.6) is 0 Å². The van der Waals surface area contributed by atoms with Crippen molar-refractivity contribution >= 4 is 18.5 Å². The number of nitrogens with two attached hydrogens (primary N) is 1. The molecule has 0 aromatic heterocycles. The van der Waals surface area contributed by atoms with Gasteiger partial charge in [0, 0.05) is 6.42 Å². The number of carbonyl (C=O) groups is 1. The standard InChI is InChI=1S/C4H10N2O2S.C2H6/c5-6-3(7)1-2-4(8)9;1-2/h4,8-9H,1-2,5H2,(H,6,7);1-2H3. The Morgan fingerprint density at radius 3 is 2.45 bits per heavy atom. The molecule has 4 nitrogen and oxygen atoms in total. The third-order valence-electron chi connectivity index (χ3n) is 0.791. The van der Waals surface area contributed by atoms with Gasteiger partial charge in [0.1, 0.15) is 0 Å². The third-order valence-corrected chi connectivity index (χ3v) is 1.05. The molecule has 0 fully saturated rings. The van der Waals surface area contributed by atoms with E-state index in [9.17, 15) is 4.79 Å². The summed E-state index contributed by atoms with van der Waals surface area (Å²) in [6.45, 7) is 4.00. The van der Waals surface area contributed by atoms with E-state index in [1.54, 1.807) is 0 Å². The van der Waals surface area contributed by atoms with Crippen molar-refractivity contribution in [2.45, 2.75) is 32.1 Å². The first kappa shape index (κ1) is 13.3. The summed E-state index contributed by atoms with van der Waals surface area (Å²) in [5, 5.41) is 8.54. The Morgan fingerprint density at radius 1 is 1.73 bits per heavy atom. The Labute approximate surface area is 72.5 Å². The van der Waals surface area contributed by atoms with Crippen LogP contribution >= 0.6 is 12.6 Å². The van der Waals surface area contributed by atoms with Crippen molar-refractivity contribution in [3.8, 4) is 0 Å². The largest absolute Gasteiger partial charge is 0.383 e. The normalized spacial score (nSPS) is 11.0. The molecule has 4 N–H and O–H groups in total. The number of aliphatic hydroxyl groups is 1. The van der Waals surface area contributed by atoms with Crippen molar-refractivity contribution in [3.05, 3.63) is 0 Å². The minimum absolute atomic E-state index is 0.209. The molecule has 1 unspecified atom stereocenters. The number of hydrogen-bond acceptors (Lipinski definition) is 4. The minimum Gasteiger partial charge on any atom is -0.383 e. The SMILES string of the molecule is CC.NNC(=O)CCC(O)S. The van der Waals surface area contributed by atoms with Gasteiger partial charge < -0.3 is 5.11 Å². The molecule has 0 aliphatic carbocycles. The van der Waals surface area contributed by atoms with E-state index in [0.29, 0.717) is 6.42 Å². The Kier molecular flexibility index (Phi) is 11.8. The average molecular weight is 180 g/mol. The zero-order valence-electron chi connectivity index (χ0n) is 6.87. The summed E-state index contributed by atoms with van der Waals surface area (Å²) < 4.78 is 0. The monoisotopic (exact) mass is 180 g/mol. The second-order valence-electron chi connectivity index (χ2n) is 1.59. The van der Waals surface area contributed by atoms with Gasteiger partial charge in [-0.25, -0.2) is 5.84 Å².